The highest BCUT2D eigenvalue weighted by Crippen LogP contribution is 2.52. The fraction of sp³-hybridized carbons (Fsp3) is 0.682. The van der Waals surface area contributed by atoms with Crippen LogP contribution >= 0.6 is 0 Å². The van der Waals surface area contributed by atoms with E-state index in [1.165, 1.54) is 6.92 Å². The standard InChI is InChI=1S/C12H18O2.C10H16O/c1-5-6-10-7-11(12(10,3)4)8-14-9(2)13;1-4-5-8-6-9(7-11)10(8,2)3/h6,10-11H,1,7-8H2,2-4H3;5,8-9,11H,1,6-7H2,2-3H3. The van der Waals surface area contributed by atoms with Crippen LogP contribution in [0.2, 0.25) is 0 Å². The van der Waals surface area contributed by atoms with Gasteiger partial charge in [0.05, 0.1) is 6.61 Å². The predicted octanol–water partition coefficient (Wildman–Crippen LogP) is 4.54. The van der Waals surface area contributed by atoms with Gasteiger partial charge in [0.1, 0.15) is 0 Å². The molecule has 0 aromatic rings. The highest BCUT2D eigenvalue weighted by molar-refractivity contribution is 5.65. The predicted molar refractivity (Wildman–Crippen MR) is 102 cm³/mol. The summed E-state index contributed by atoms with van der Waals surface area (Å²) in [5.74, 6) is 1.85. The van der Waals surface area contributed by atoms with E-state index in [1.54, 1.807) is 0 Å². The second-order valence-corrected chi connectivity index (χ2v) is 8.45. The van der Waals surface area contributed by atoms with Gasteiger partial charge in [-0.15, -0.1) is 11.5 Å². The molecule has 0 aliphatic heterocycles. The van der Waals surface area contributed by atoms with Crippen molar-refractivity contribution < 1.29 is 14.6 Å². The summed E-state index contributed by atoms with van der Waals surface area (Å²) in [6, 6.07) is 0. The topological polar surface area (TPSA) is 46.5 Å². The summed E-state index contributed by atoms with van der Waals surface area (Å²) in [6.07, 6.45) is 6.20. The summed E-state index contributed by atoms with van der Waals surface area (Å²) in [4.78, 5) is 10.7. The van der Waals surface area contributed by atoms with E-state index in [9.17, 15) is 4.79 Å². The van der Waals surface area contributed by atoms with E-state index in [4.69, 9.17) is 9.84 Å². The lowest BCUT2D eigenvalue weighted by Crippen LogP contribution is -2.46. The van der Waals surface area contributed by atoms with E-state index in [2.05, 4.69) is 52.3 Å². The van der Waals surface area contributed by atoms with Gasteiger partial charge in [-0.05, 0) is 59.5 Å². The van der Waals surface area contributed by atoms with E-state index in [-0.39, 0.29) is 16.8 Å². The van der Waals surface area contributed by atoms with Gasteiger partial charge in [-0.25, -0.2) is 0 Å². The molecule has 25 heavy (non-hydrogen) atoms. The molecular formula is C22H34O3. The van der Waals surface area contributed by atoms with Gasteiger partial charge in [0.15, 0.2) is 0 Å². The zero-order valence-corrected chi connectivity index (χ0v) is 16.5. The number of hydrogen-bond donors (Lipinski definition) is 1. The number of carbonyl (C=O) groups excluding carboxylic acids is 1. The van der Waals surface area contributed by atoms with Crippen LogP contribution in [-0.4, -0.2) is 24.3 Å². The van der Waals surface area contributed by atoms with Crippen molar-refractivity contribution in [3.8, 4) is 0 Å². The van der Waals surface area contributed by atoms with Crippen molar-refractivity contribution in [3.05, 3.63) is 36.8 Å². The van der Waals surface area contributed by atoms with Crippen molar-refractivity contribution in [2.45, 2.75) is 47.5 Å². The molecule has 3 heteroatoms. The lowest BCUT2D eigenvalue weighted by atomic mass is 9.55. The van der Waals surface area contributed by atoms with Gasteiger partial charge in [0.25, 0.3) is 0 Å². The third kappa shape index (κ3) is 4.98. The molecule has 2 aliphatic carbocycles. The fourth-order valence-electron chi connectivity index (χ4n) is 3.77. The molecule has 2 fully saturated rings. The quantitative estimate of drug-likeness (QED) is 0.587. The van der Waals surface area contributed by atoms with Crippen molar-refractivity contribution >= 4 is 5.97 Å². The van der Waals surface area contributed by atoms with Gasteiger partial charge in [-0.2, -0.15) is 0 Å². The molecule has 0 aromatic heterocycles. The van der Waals surface area contributed by atoms with Crippen molar-refractivity contribution in [3.63, 3.8) is 0 Å². The Bertz CT molecular complexity index is 558. The zero-order chi connectivity index (χ0) is 19.3. The smallest absolute Gasteiger partial charge is 0.302 e. The van der Waals surface area contributed by atoms with E-state index in [0.29, 0.717) is 36.9 Å². The molecule has 2 rings (SSSR count). The Balaban J connectivity index is 0.000000257. The number of hydrogen-bond acceptors (Lipinski definition) is 3. The van der Waals surface area contributed by atoms with Crippen LogP contribution in [0.5, 0.6) is 0 Å². The summed E-state index contributed by atoms with van der Waals surface area (Å²) < 4.78 is 5.02. The minimum absolute atomic E-state index is 0.191. The Kier molecular flexibility index (Phi) is 7.50. The maximum absolute atomic E-state index is 10.7. The van der Waals surface area contributed by atoms with Crippen LogP contribution in [0.4, 0.5) is 0 Å². The minimum atomic E-state index is -0.191. The third-order valence-corrected chi connectivity index (χ3v) is 6.44. The molecule has 0 bridgehead atoms. The first-order valence-electron chi connectivity index (χ1n) is 9.07. The Hall–Kier alpha value is -1.53. The van der Waals surface area contributed by atoms with Gasteiger partial charge in [0, 0.05) is 13.5 Å². The van der Waals surface area contributed by atoms with Gasteiger partial charge in [-0.1, -0.05) is 40.9 Å². The van der Waals surface area contributed by atoms with E-state index in [0.717, 1.165) is 12.8 Å². The molecule has 0 amide bonds. The lowest BCUT2D eigenvalue weighted by Gasteiger charge is -2.50. The molecule has 0 aromatic carbocycles. The number of ether oxygens (including phenoxy) is 1. The summed E-state index contributed by atoms with van der Waals surface area (Å²) in [7, 11) is 0. The van der Waals surface area contributed by atoms with Crippen LogP contribution in [0.1, 0.15) is 47.5 Å². The van der Waals surface area contributed by atoms with Crippen LogP contribution in [0, 0.1) is 34.5 Å². The van der Waals surface area contributed by atoms with Crippen molar-refractivity contribution in [2.75, 3.05) is 13.2 Å². The first kappa shape index (κ1) is 21.5. The van der Waals surface area contributed by atoms with Gasteiger partial charge >= 0.3 is 5.97 Å². The Labute approximate surface area is 153 Å². The third-order valence-electron chi connectivity index (χ3n) is 6.44. The molecule has 1 N–H and O–H groups in total. The molecular weight excluding hydrogens is 312 g/mol. The van der Waals surface area contributed by atoms with Crippen LogP contribution in [0.3, 0.4) is 0 Å². The highest BCUT2D eigenvalue weighted by Gasteiger charge is 2.47. The van der Waals surface area contributed by atoms with Crippen LogP contribution in [-0.2, 0) is 9.53 Å². The molecule has 0 heterocycles. The second kappa shape index (κ2) is 8.72. The van der Waals surface area contributed by atoms with Crippen molar-refractivity contribution in [1.29, 1.82) is 0 Å². The molecule has 2 saturated carbocycles. The van der Waals surface area contributed by atoms with Crippen molar-refractivity contribution in [2.24, 2.45) is 34.5 Å². The van der Waals surface area contributed by atoms with Crippen LogP contribution in [0.25, 0.3) is 0 Å². The van der Waals surface area contributed by atoms with Crippen LogP contribution < -0.4 is 0 Å². The molecule has 4 atom stereocenters. The maximum atomic E-state index is 10.7. The average molecular weight is 347 g/mol. The summed E-state index contributed by atoms with van der Waals surface area (Å²) in [6.45, 7) is 18.2. The summed E-state index contributed by atoms with van der Waals surface area (Å²) in [5, 5.41) is 8.96. The summed E-state index contributed by atoms with van der Waals surface area (Å²) in [5.41, 5.74) is 6.10. The number of esters is 1. The van der Waals surface area contributed by atoms with Gasteiger partial charge in [-0.3, -0.25) is 4.79 Å². The molecule has 0 radical (unpaired) electrons. The number of aliphatic hydroxyl groups excluding tert-OH is 1. The van der Waals surface area contributed by atoms with Crippen LogP contribution in [0.15, 0.2) is 36.8 Å². The molecule has 0 spiro atoms. The minimum Gasteiger partial charge on any atom is -0.466 e. The number of aliphatic hydroxyl groups is 1. The molecule has 2 aliphatic rings. The fourth-order valence-corrected chi connectivity index (χ4v) is 3.77. The zero-order valence-electron chi connectivity index (χ0n) is 16.5. The Morgan fingerprint density at radius 1 is 1.08 bits per heavy atom. The maximum Gasteiger partial charge on any atom is 0.302 e. The summed E-state index contributed by atoms with van der Waals surface area (Å²) >= 11 is 0. The van der Waals surface area contributed by atoms with E-state index in [1.807, 2.05) is 12.2 Å². The first-order valence-corrected chi connectivity index (χ1v) is 9.07. The largest absolute Gasteiger partial charge is 0.466 e. The van der Waals surface area contributed by atoms with Gasteiger partial charge in [0.2, 0.25) is 0 Å². The average Bonchev–Trinajstić information content (AvgIpc) is 2.54. The lowest BCUT2D eigenvalue weighted by molar-refractivity contribution is -0.147. The monoisotopic (exact) mass is 346 g/mol. The number of allylic oxidation sites excluding steroid dienone is 2. The van der Waals surface area contributed by atoms with E-state index < -0.39 is 0 Å². The van der Waals surface area contributed by atoms with Gasteiger partial charge < -0.3 is 9.84 Å². The van der Waals surface area contributed by atoms with Crippen molar-refractivity contribution in [1.82, 2.24) is 0 Å². The number of carbonyl (C=O) groups is 1. The first-order chi connectivity index (χ1) is 11.6. The molecule has 0 saturated heterocycles. The second-order valence-electron chi connectivity index (χ2n) is 8.45. The normalized spacial score (nSPS) is 30.8. The Morgan fingerprint density at radius 3 is 1.84 bits per heavy atom. The Morgan fingerprint density at radius 2 is 1.52 bits per heavy atom. The van der Waals surface area contributed by atoms with E-state index >= 15 is 0 Å². The molecule has 140 valence electrons. The highest BCUT2D eigenvalue weighted by atomic mass is 16.5. The molecule has 4 unspecified atom stereocenters. The SMILES string of the molecule is C=C=CC1CC(CO)C1(C)C.C=C=CC1CC(COC(C)=O)C1(C)C. The number of rotatable bonds is 5. The molecule has 3 nitrogen and oxygen atoms in total.